The van der Waals surface area contributed by atoms with E-state index in [4.69, 9.17) is 9.47 Å². The quantitative estimate of drug-likeness (QED) is 0.590. The Morgan fingerprint density at radius 2 is 1.78 bits per heavy atom. The fraction of sp³-hybridized carbons (Fsp3) is 0.571. The summed E-state index contributed by atoms with van der Waals surface area (Å²) in [4.78, 5) is 0.544. The molecule has 0 radical (unpaired) electrons. The highest BCUT2D eigenvalue weighted by Crippen LogP contribution is 2.16. The Morgan fingerprint density at radius 3 is 2.33 bits per heavy atom. The summed E-state index contributed by atoms with van der Waals surface area (Å²) in [5.41, 5.74) is 0. The van der Waals surface area contributed by atoms with Gasteiger partial charge in [-0.2, -0.15) is 0 Å². The van der Waals surface area contributed by atoms with Crippen molar-refractivity contribution >= 4 is 15.9 Å². The minimum Gasteiger partial charge on any atom is -0.497 e. The number of rotatable bonds is 8. The minimum absolute atomic E-state index is 0.499. The maximum atomic E-state index is 5.63. The van der Waals surface area contributed by atoms with E-state index in [9.17, 15) is 0 Å². The standard InChI is InChI=1S/C14H22BrNO2/c1-11(15)10-12(2)16-8-9-18-14-6-4-13(17-3)5-7-14/h4-7,11-12,16H,8-10H2,1-3H3. The summed E-state index contributed by atoms with van der Waals surface area (Å²) in [6, 6.07) is 8.14. The van der Waals surface area contributed by atoms with Gasteiger partial charge in [-0.15, -0.1) is 0 Å². The maximum Gasteiger partial charge on any atom is 0.119 e. The zero-order valence-corrected chi connectivity index (χ0v) is 12.9. The lowest BCUT2D eigenvalue weighted by Gasteiger charge is -2.15. The van der Waals surface area contributed by atoms with E-state index in [1.165, 1.54) is 0 Å². The normalized spacial score (nSPS) is 14.0. The van der Waals surface area contributed by atoms with E-state index in [-0.39, 0.29) is 0 Å². The SMILES string of the molecule is COc1ccc(OCCNC(C)CC(C)Br)cc1. The van der Waals surface area contributed by atoms with E-state index < -0.39 is 0 Å². The van der Waals surface area contributed by atoms with Crippen molar-refractivity contribution in [2.75, 3.05) is 20.3 Å². The maximum absolute atomic E-state index is 5.63. The molecular weight excluding hydrogens is 294 g/mol. The molecule has 1 aromatic rings. The zero-order valence-electron chi connectivity index (χ0n) is 11.3. The number of ether oxygens (including phenoxy) is 2. The fourth-order valence-electron chi connectivity index (χ4n) is 1.72. The van der Waals surface area contributed by atoms with E-state index >= 15 is 0 Å². The molecule has 0 amide bonds. The first-order chi connectivity index (χ1) is 8.61. The van der Waals surface area contributed by atoms with Crippen LogP contribution >= 0.6 is 15.9 Å². The van der Waals surface area contributed by atoms with Gasteiger partial charge in [0.15, 0.2) is 0 Å². The summed E-state index contributed by atoms with van der Waals surface area (Å²) in [7, 11) is 1.66. The van der Waals surface area contributed by atoms with Crippen LogP contribution in [0.15, 0.2) is 24.3 Å². The van der Waals surface area contributed by atoms with Gasteiger partial charge in [0.1, 0.15) is 18.1 Å². The van der Waals surface area contributed by atoms with E-state index in [0.29, 0.717) is 17.5 Å². The number of nitrogens with one attached hydrogen (secondary N) is 1. The summed E-state index contributed by atoms with van der Waals surface area (Å²) >= 11 is 3.55. The fourth-order valence-corrected chi connectivity index (χ4v) is 2.28. The van der Waals surface area contributed by atoms with Crippen molar-refractivity contribution in [3.63, 3.8) is 0 Å². The zero-order chi connectivity index (χ0) is 13.4. The van der Waals surface area contributed by atoms with Crippen LogP contribution in [0, 0.1) is 0 Å². The molecule has 1 N–H and O–H groups in total. The Morgan fingerprint density at radius 1 is 1.17 bits per heavy atom. The van der Waals surface area contributed by atoms with Crippen molar-refractivity contribution in [1.29, 1.82) is 0 Å². The number of hydrogen-bond acceptors (Lipinski definition) is 3. The van der Waals surface area contributed by atoms with Crippen molar-refractivity contribution in [3.05, 3.63) is 24.3 Å². The Hall–Kier alpha value is -0.740. The lowest BCUT2D eigenvalue weighted by atomic mass is 10.2. The molecule has 1 rings (SSSR count). The molecule has 0 aliphatic heterocycles. The highest BCUT2D eigenvalue weighted by Gasteiger charge is 2.04. The van der Waals surface area contributed by atoms with Crippen molar-refractivity contribution in [2.24, 2.45) is 0 Å². The Balaban J connectivity index is 2.17. The van der Waals surface area contributed by atoms with Gasteiger partial charge in [-0.1, -0.05) is 22.9 Å². The average molecular weight is 316 g/mol. The molecule has 0 aliphatic carbocycles. The minimum atomic E-state index is 0.499. The van der Waals surface area contributed by atoms with Crippen LogP contribution in [0.4, 0.5) is 0 Å². The second kappa shape index (κ2) is 8.38. The smallest absolute Gasteiger partial charge is 0.119 e. The number of halogens is 1. The summed E-state index contributed by atoms with van der Waals surface area (Å²) < 4.78 is 10.7. The highest BCUT2D eigenvalue weighted by atomic mass is 79.9. The largest absolute Gasteiger partial charge is 0.497 e. The van der Waals surface area contributed by atoms with Crippen molar-refractivity contribution in [1.82, 2.24) is 5.32 Å². The number of benzene rings is 1. The lowest BCUT2D eigenvalue weighted by Crippen LogP contribution is -2.31. The number of hydrogen-bond donors (Lipinski definition) is 1. The number of methoxy groups -OCH3 is 1. The van der Waals surface area contributed by atoms with E-state index in [2.05, 4.69) is 35.1 Å². The van der Waals surface area contributed by atoms with Crippen LogP contribution < -0.4 is 14.8 Å². The first-order valence-corrected chi connectivity index (χ1v) is 7.17. The summed E-state index contributed by atoms with van der Waals surface area (Å²) in [6.45, 7) is 5.87. The molecule has 2 unspecified atom stereocenters. The molecule has 1 aromatic carbocycles. The molecule has 18 heavy (non-hydrogen) atoms. The van der Waals surface area contributed by atoms with Gasteiger partial charge in [0.2, 0.25) is 0 Å². The molecule has 4 heteroatoms. The van der Waals surface area contributed by atoms with Crippen LogP contribution in [-0.2, 0) is 0 Å². The first kappa shape index (κ1) is 15.3. The summed E-state index contributed by atoms with van der Waals surface area (Å²) in [5.74, 6) is 1.72. The summed E-state index contributed by atoms with van der Waals surface area (Å²) in [5, 5.41) is 3.43. The third-order valence-corrected chi connectivity index (χ3v) is 2.98. The molecule has 0 aromatic heterocycles. The van der Waals surface area contributed by atoms with Crippen LogP contribution in [-0.4, -0.2) is 31.1 Å². The molecular formula is C14H22BrNO2. The van der Waals surface area contributed by atoms with Crippen LogP contribution in [0.3, 0.4) is 0 Å². The van der Waals surface area contributed by atoms with E-state index in [1.807, 2.05) is 24.3 Å². The third-order valence-electron chi connectivity index (χ3n) is 2.60. The first-order valence-electron chi connectivity index (χ1n) is 6.26. The molecule has 0 saturated heterocycles. The van der Waals surface area contributed by atoms with Gasteiger partial charge in [0.05, 0.1) is 7.11 Å². The predicted octanol–water partition coefficient (Wildman–Crippen LogP) is 3.23. The van der Waals surface area contributed by atoms with Crippen LogP contribution in [0.5, 0.6) is 11.5 Å². The molecule has 3 nitrogen and oxygen atoms in total. The second-order valence-corrected chi connectivity index (χ2v) is 5.96. The third kappa shape index (κ3) is 6.26. The van der Waals surface area contributed by atoms with Gasteiger partial charge in [0.25, 0.3) is 0 Å². The van der Waals surface area contributed by atoms with Crippen molar-refractivity contribution in [3.8, 4) is 11.5 Å². The predicted molar refractivity (Wildman–Crippen MR) is 79.0 cm³/mol. The summed E-state index contributed by atoms with van der Waals surface area (Å²) in [6.07, 6.45) is 1.11. The Kier molecular flexibility index (Phi) is 7.13. The second-order valence-electron chi connectivity index (χ2n) is 4.40. The van der Waals surface area contributed by atoms with Gasteiger partial charge < -0.3 is 14.8 Å². The molecule has 0 heterocycles. The molecule has 2 atom stereocenters. The van der Waals surface area contributed by atoms with Gasteiger partial charge >= 0.3 is 0 Å². The lowest BCUT2D eigenvalue weighted by molar-refractivity contribution is 0.304. The monoisotopic (exact) mass is 315 g/mol. The molecule has 0 bridgehead atoms. The Bertz CT molecular complexity index is 327. The highest BCUT2D eigenvalue weighted by molar-refractivity contribution is 9.09. The van der Waals surface area contributed by atoms with E-state index in [1.54, 1.807) is 7.11 Å². The van der Waals surface area contributed by atoms with Crippen molar-refractivity contribution in [2.45, 2.75) is 31.1 Å². The van der Waals surface area contributed by atoms with Crippen molar-refractivity contribution < 1.29 is 9.47 Å². The molecule has 0 saturated carbocycles. The van der Waals surface area contributed by atoms with Crippen LogP contribution in [0.1, 0.15) is 20.3 Å². The Labute approximate surface area is 118 Å². The van der Waals surface area contributed by atoms with Gasteiger partial charge in [0, 0.05) is 17.4 Å². The molecule has 0 aliphatic rings. The topological polar surface area (TPSA) is 30.5 Å². The van der Waals surface area contributed by atoms with Gasteiger partial charge in [-0.25, -0.2) is 0 Å². The molecule has 102 valence electrons. The van der Waals surface area contributed by atoms with Gasteiger partial charge in [-0.3, -0.25) is 0 Å². The van der Waals surface area contributed by atoms with Crippen LogP contribution in [0.25, 0.3) is 0 Å². The van der Waals surface area contributed by atoms with E-state index in [0.717, 1.165) is 24.5 Å². The molecule has 0 fully saturated rings. The number of alkyl halides is 1. The average Bonchev–Trinajstić information content (AvgIpc) is 2.34. The van der Waals surface area contributed by atoms with Gasteiger partial charge in [-0.05, 0) is 37.6 Å². The van der Waals surface area contributed by atoms with Crippen LogP contribution in [0.2, 0.25) is 0 Å². The molecule has 0 spiro atoms.